The van der Waals surface area contributed by atoms with Crippen molar-refractivity contribution in [3.8, 4) is 0 Å². The Labute approximate surface area is 118 Å². The maximum Gasteiger partial charge on any atom is 0.331 e. The van der Waals surface area contributed by atoms with E-state index in [0.717, 1.165) is 0 Å². The molecule has 1 atom stereocenters. The van der Waals surface area contributed by atoms with Crippen LogP contribution in [0.25, 0.3) is 0 Å². The molecule has 1 heterocycles. The number of ether oxygens (including phenoxy) is 1. The first-order chi connectivity index (χ1) is 9.29. The lowest BCUT2D eigenvalue weighted by atomic mass is 10.0. The summed E-state index contributed by atoms with van der Waals surface area (Å²) in [7, 11) is 0. The van der Waals surface area contributed by atoms with E-state index in [-0.39, 0.29) is 11.6 Å². The number of H-pyrrole nitrogens is 1. The van der Waals surface area contributed by atoms with Crippen molar-refractivity contribution < 1.29 is 19.1 Å². The number of hydrogen-bond donors (Lipinski definition) is 1. The highest BCUT2D eigenvalue weighted by Crippen LogP contribution is 2.20. The van der Waals surface area contributed by atoms with Gasteiger partial charge in [0.1, 0.15) is 0 Å². The molecule has 20 heavy (non-hydrogen) atoms. The summed E-state index contributed by atoms with van der Waals surface area (Å²) < 4.78 is 4.99. The summed E-state index contributed by atoms with van der Waals surface area (Å²) in [5.41, 5.74) is 2.06. The summed E-state index contributed by atoms with van der Waals surface area (Å²) in [5.74, 6) is -1.02. The largest absolute Gasteiger partial charge is 0.451 e. The summed E-state index contributed by atoms with van der Waals surface area (Å²) >= 11 is 0. The van der Waals surface area contributed by atoms with Gasteiger partial charge in [0.05, 0.1) is 5.69 Å². The second-order valence-electron chi connectivity index (χ2n) is 4.62. The van der Waals surface area contributed by atoms with Gasteiger partial charge in [-0.1, -0.05) is 6.08 Å². The van der Waals surface area contributed by atoms with Gasteiger partial charge in [-0.2, -0.15) is 0 Å². The fourth-order valence-electron chi connectivity index (χ4n) is 2.13. The molecule has 0 amide bonds. The topological polar surface area (TPSA) is 76.2 Å². The summed E-state index contributed by atoms with van der Waals surface area (Å²) in [6, 6.07) is 0. The van der Waals surface area contributed by atoms with E-state index in [4.69, 9.17) is 4.74 Å². The first kappa shape index (κ1) is 15.9. The predicted molar refractivity (Wildman–Crippen MR) is 75.0 cm³/mol. The average molecular weight is 277 g/mol. The molecule has 0 saturated heterocycles. The number of aromatic amines is 1. The van der Waals surface area contributed by atoms with Gasteiger partial charge in [-0.05, 0) is 40.2 Å². The quantitative estimate of drug-likeness (QED) is 0.509. The van der Waals surface area contributed by atoms with Crippen LogP contribution in [0, 0.1) is 13.8 Å². The van der Waals surface area contributed by atoms with Crippen molar-refractivity contribution >= 4 is 17.5 Å². The van der Waals surface area contributed by atoms with E-state index >= 15 is 0 Å². The van der Waals surface area contributed by atoms with Crippen LogP contribution in [0.2, 0.25) is 0 Å². The normalized spacial score (nSPS) is 12.4. The second kappa shape index (κ2) is 6.32. The maximum absolute atomic E-state index is 12.2. The minimum absolute atomic E-state index is 0.103. The highest BCUT2D eigenvalue weighted by atomic mass is 16.5. The lowest BCUT2D eigenvalue weighted by Crippen LogP contribution is -2.24. The first-order valence-electron chi connectivity index (χ1n) is 6.37. The van der Waals surface area contributed by atoms with Crippen LogP contribution < -0.4 is 0 Å². The zero-order chi connectivity index (χ0) is 15.4. The monoisotopic (exact) mass is 277 g/mol. The van der Waals surface area contributed by atoms with Crippen LogP contribution in [0.5, 0.6) is 0 Å². The van der Waals surface area contributed by atoms with Crippen LogP contribution in [-0.2, 0) is 9.53 Å². The van der Waals surface area contributed by atoms with Crippen molar-refractivity contribution in [2.45, 2.75) is 40.7 Å². The Balaban J connectivity index is 3.01. The number of esters is 1. The summed E-state index contributed by atoms with van der Waals surface area (Å²) in [6.07, 6.45) is 1.88. The number of rotatable bonds is 5. The van der Waals surface area contributed by atoms with Gasteiger partial charge in [0.2, 0.25) is 5.78 Å². The van der Waals surface area contributed by atoms with E-state index < -0.39 is 12.1 Å². The van der Waals surface area contributed by atoms with Gasteiger partial charge >= 0.3 is 5.97 Å². The number of nitrogens with one attached hydrogen (secondary N) is 1. The fourth-order valence-corrected chi connectivity index (χ4v) is 2.13. The van der Waals surface area contributed by atoms with E-state index in [1.807, 2.05) is 0 Å². The van der Waals surface area contributed by atoms with Crippen molar-refractivity contribution in [3.63, 3.8) is 0 Å². The average Bonchev–Trinajstić information content (AvgIpc) is 2.63. The molecule has 0 spiro atoms. The minimum atomic E-state index is -0.907. The number of carbonyl (C=O) groups excluding carboxylic acids is 3. The molecule has 1 aromatic rings. The van der Waals surface area contributed by atoms with Crippen molar-refractivity contribution in [2.24, 2.45) is 0 Å². The third-order valence-corrected chi connectivity index (χ3v) is 3.00. The molecular weight excluding hydrogens is 258 g/mol. The van der Waals surface area contributed by atoms with Crippen molar-refractivity contribution in [3.05, 3.63) is 34.7 Å². The smallest absolute Gasteiger partial charge is 0.331 e. The van der Waals surface area contributed by atoms with E-state index in [1.54, 1.807) is 20.8 Å². The molecule has 0 radical (unpaired) electrons. The summed E-state index contributed by atoms with van der Waals surface area (Å²) in [4.78, 5) is 38.0. The van der Waals surface area contributed by atoms with Gasteiger partial charge in [0, 0.05) is 17.3 Å². The van der Waals surface area contributed by atoms with Gasteiger partial charge in [-0.3, -0.25) is 9.59 Å². The first-order valence-corrected chi connectivity index (χ1v) is 6.37. The Morgan fingerprint density at radius 1 is 1.25 bits per heavy atom. The van der Waals surface area contributed by atoms with Crippen molar-refractivity contribution in [1.82, 2.24) is 4.98 Å². The number of carbonyl (C=O) groups is 3. The van der Waals surface area contributed by atoms with E-state index in [2.05, 4.69) is 4.98 Å². The Hall–Kier alpha value is -2.17. The van der Waals surface area contributed by atoms with Gasteiger partial charge in [-0.15, -0.1) is 0 Å². The van der Waals surface area contributed by atoms with Gasteiger partial charge in [0.15, 0.2) is 11.9 Å². The number of allylic oxidation sites excluding steroid dienone is 1. The number of ketones is 2. The molecular formula is C15H19NO4. The van der Waals surface area contributed by atoms with E-state index in [1.165, 1.54) is 26.0 Å². The van der Waals surface area contributed by atoms with Crippen molar-refractivity contribution in [1.29, 1.82) is 0 Å². The molecule has 108 valence electrons. The van der Waals surface area contributed by atoms with E-state index in [9.17, 15) is 14.4 Å². The fraction of sp³-hybridized carbons (Fsp3) is 0.400. The number of aryl methyl sites for hydroxylation is 1. The third-order valence-electron chi connectivity index (χ3n) is 3.00. The molecule has 1 aromatic heterocycles. The number of aromatic nitrogens is 1. The molecule has 5 nitrogen and oxygen atoms in total. The predicted octanol–water partition coefficient (Wildman–Crippen LogP) is 2.52. The molecule has 0 fully saturated rings. The highest BCUT2D eigenvalue weighted by molar-refractivity contribution is 6.05. The third kappa shape index (κ3) is 3.23. The highest BCUT2D eigenvalue weighted by Gasteiger charge is 2.25. The SMILES string of the molecule is C/C=C/C(=O)O[C@@H](C)C(=O)c1[nH]c(C)c(C(C)=O)c1C. The molecule has 5 heteroatoms. The van der Waals surface area contributed by atoms with E-state index in [0.29, 0.717) is 22.5 Å². The standard InChI is InChI=1S/C15H19NO4/c1-6-7-12(18)20-11(5)15(19)14-8(2)13(10(4)17)9(3)16-14/h6-7,11,16H,1-5H3/b7-6+/t11-/m0/s1. The van der Waals surface area contributed by atoms with Crippen LogP contribution >= 0.6 is 0 Å². The lowest BCUT2D eigenvalue weighted by molar-refractivity contribution is -0.140. The molecule has 0 unspecified atom stereocenters. The Bertz CT molecular complexity index is 581. The zero-order valence-corrected chi connectivity index (χ0v) is 12.4. The Morgan fingerprint density at radius 2 is 1.85 bits per heavy atom. The van der Waals surface area contributed by atoms with Crippen LogP contribution in [0.1, 0.15) is 52.9 Å². The molecule has 0 aromatic carbocycles. The van der Waals surface area contributed by atoms with Crippen LogP contribution in [-0.4, -0.2) is 28.6 Å². The van der Waals surface area contributed by atoms with Crippen LogP contribution in [0.3, 0.4) is 0 Å². The van der Waals surface area contributed by atoms with Gasteiger partial charge in [0.25, 0.3) is 0 Å². The zero-order valence-electron chi connectivity index (χ0n) is 12.4. The minimum Gasteiger partial charge on any atom is -0.451 e. The number of Topliss-reactive ketones (excluding diaryl/α,β-unsaturated/α-hetero) is 2. The van der Waals surface area contributed by atoms with Gasteiger partial charge < -0.3 is 9.72 Å². The Kier molecular flexibility index (Phi) is 5.02. The molecule has 0 saturated carbocycles. The van der Waals surface area contributed by atoms with Crippen molar-refractivity contribution in [2.75, 3.05) is 0 Å². The second-order valence-corrected chi connectivity index (χ2v) is 4.62. The Morgan fingerprint density at radius 3 is 2.30 bits per heavy atom. The number of hydrogen-bond acceptors (Lipinski definition) is 4. The molecule has 0 aliphatic carbocycles. The molecule has 0 aliphatic rings. The molecule has 0 aliphatic heterocycles. The summed E-state index contributed by atoms with van der Waals surface area (Å²) in [5, 5.41) is 0. The van der Waals surface area contributed by atoms with Gasteiger partial charge in [-0.25, -0.2) is 4.79 Å². The van der Waals surface area contributed by atoms with Crippen LogP contribution in [0.15, 0.2) is 12.2 Å². The van der Waals surface area contributed by atoms with Crippen LogP contribution in [0.4, 0.5) is 0 Å². The maximum atomic E-state index is 12.2. The lowest BCUT2D eigenvalue weighted by Gasteiger charge is -2.10. The molecule has 0 bridgehead atoms. The molecule has 1 rings (SSSR count). The summed E-state index contributed by atoms with van der Waals surface area (Å²) in [6.45, 7) is 8.08. The molecule has 1 N–H and O–H groups in total.